The van der Waals surface area contributed by atoms with E-state index >= 15 is 0 Å². The predicted octanol–water partition coefficient (Wildman–Crippen LogP) is 3.53. The van der Waals surface area contributed by atoms with Crippen LogP contribution < -0.4 is 0 Å². The molecule has 13 heavy (non-hydrogen) atoms. The number of hydrogen-bond acceptors (Lipinski definition) is 1. The van der Waals surface area contributed by atoms with Crippen molar-refractivity contribution in [3.8, 4) is 0 Å². The zero-order chi connectivity index (χ0) is 9.84. The number of benzene rings is 1. The topological polar surface area (TPSA) is 17.1 Å². The molecule has 0 aliphatic carbocycles. The molecule has 1 atom stereocenters. The largest absolute Gasteiger partial charge is 0.299 e. The van der Waals surface area contributed by atoms with E-state index in [4.69, 9.17) is 0 Å². The molecule has 0 N–H and O–H groups in total. The Hall–Kier alpha value is -0.630. The maximum Gasteiger partial charge on any atom is 0.139 e. The van der Waals surface area contributed by atoms with Gasteiger partial charge in [0.05, 0.1) is 0 Å². The fourth-order valence-electron chi connectivity index (χ4n) is 1.27. The Labute approximate surface area is 87.3 Å². The van der Waals surface area contributed by atoms with Crippen LogP contribution in [0.25, 0.3) is 0 Å². The van der Waals surface area contributed by atoms with Crippen molar-refractivity contribution in [2.75, 3.05) is 0 Å². The first kappa shape index (κ1) is 10.5. The molecule has 1 rings (SSSR count). The molecule has 0 aliphatic heterocycles. The van der Waals surface area contributed by atoms with Gasteiger partial charge in [-0.05, 0) is 17.7 Å². The van der Waals surface area contributed by atoms with Gasteiger partial charge in [0.25, 0.3) is 0 Å². The number of hydrogen-bond donors (Lipinski definition) is 0. The van der Waals surface area contributed by atoms with E-state index in [1.54, 1.807) is 0 Å². The minimum absolute atomic E-state index is 0.0162. The second-order valence-corrected chi connectivity index (χ2v) is 4.01. The average molecular weight is 241 g/mol. The molecule has 0 amide bonds. The summed E-state index contributed by atoms with van der Waals surface area (Å²) >= 11 is 3.39. The molecular weight excluding hydrogens is 228 g/mol. The smallest absolute Gasteiger partial charge is 0.139 e. The quantitative estimate of drug-likeness (QED) is 0.791. The maximum atomic E-state index is 11.4. The highest BCUT2D eigenvalue weighted by molar-refractivity contribution is 9.10. The van der Waals surface area contributed by atoms with Gasteiger partial charge in [0, 0.05) is 16.8 Å². The van der Waals surface area contributed by atoms with Gasteiger partial charge in [0.1, 0.15) is 5.78 Å². The Bertz CT molecular complexity index is 307. The zero-order valence-electron chi connectivity index (χ0n) is 7.88. The van der Waals surface area contributed by atoms with Gasteiger partial charge in [0.15, 0.2) is 0 Å². The Morgan fingerprint density at radius 1 is 1.54 bits per heavy atom. The molecule has 0 saturated heterocycles. The molecule has 0 aromatic heterocycles. The third kappa shape index (κ3) is 2.66. The van der Waals surface area contributed by atoms with E-state index < -0.39 is 0 Å². The fraction of sp³-hybridized carbons (Fsp3) is 0.364. The lowest BCUT2D eigenvalue weighted by Gasteiger charge is -2.09. The molecule has 1 unspecified atom stereocenters. The normalized spacial score (nSPS) is 12.5. The second-order valence-electron chi connectivity index (χ2n) is 3.10. The third-order valence-corrected chi connectivity index (χ3v) is 2.67. The van der Waals surface area contributed by atoms with Crippen molar-refractivity contribution in [3.63, 3.8) is 0 Å². The van der Waals surface area contributed by atoms with E-state index in [2.05, 4.69) is 15.9 Å². The Balaban J connectivity index is 2.88. The Morgan fingerprint density at radius 3 is 2.77 bits per heavy atom. The summed E-state index contributed by atoms with van der Waals surface area (Å²) in [6, 6.07) is 7.91. The molecule has 0 fully saturated rings. The molecule has 0 radical (unpaired) electrons. The minimum Gasteiger partial charge on any atom is -0.299 e. The highest BCUT2D eigenvalue weighted by atomic mass is 79.9. The van der Waals surface area contributed by atoms with E-state index in [9.17, 15) is 4.79 Å². The average Bonchev–Trinajstić information content (AvgIpc) is 2.15. The van der Waals surface area contributed by atoms with E-state index in [0.717, 1.165) is 10.0 Å². The molecule has 0 spiro atoms. The van der Waals surface area contributed by atoms with Crippen LogP contribution in [0.3, 0.4) is 0 Å². The van der Waals surface area contributed by atoms with E-state index in [1.807, 2.05) is 38.1 Å². The standard InChI is InChI=1S/C11H13BrO/c1-3-11(13)8(2)9-5-4-6-10(12)7-9/h4-8H,3H2,1-2H3. The lowest BCUT2D eigenvalue weighted by atomic mass is 9.96. The van der Waals surface area contributed by atoms with E-state index in [-0.39, 0.29) is 11.7 Å². The fourth-order valence-corrected chi connectivity index (χ4v) is 1.68. The molecule has 1 nitrogen and oxygen atoms in total. The zero-order valence-corrected chi connectivity index (χ0v) is 9.47. The van der Waals surface area contributed by atoms with E-state index in [1.165, 1.54) is 0 Å². The molecule has 1 aromatic carbocycles. The van der Waals surface area contributed by atoms with Crippen LogP contribution in [0.2, 0.25) is 0 Å². The number of halogens is 1. The SMILES string of the molecule is CCC(=O)C(C)c1cccc(Br)c1. The first-order valence-corrected chi connectivity index (χ1v) is 5.22. The van der Waals surface area contributed by atoms with Crippen LogP contribution in [-0.2, 0) is 4.79 Å². The first-order chi connectivity index (χ1) is 6.15. The monoisotopic (exact) mass is 240 g/mol. The van der Waals surface area contributed by atoms with Crippen molar-refractivity contribution in [2.24, 2.45) is 0 Å². The summed E-state index contributed by atoms with van der Waals surface area (Å²) in [5.74, 6) is 0.306. The second kappa shape index (κ2) is 4.56. The first-order valence-electron chi connectivity index (χ1n) is 4.43. The van der Waals surface area contributed by atoms with Crippen molar-refractivity contribution in [1.82, 2.24) is 0 Å². The lowest BCUT2D eigenvalue weighted by molar-refractivity contribution is -0.119. The molecular formula is C11H13BrO. The summed E-state index contributed by atoms with van der Waals surface area (Å²) in [4.78, 5) is 11.4. The van der Waals surface area contributed by atoms with Crippen LogP contribution in [0.15, 0.2) is 28.7 Å². The maximum absolute atomic E-state index is 11.4. The van der Waals surface area contributed by atoms with Crippen LogP contribution in [0.5, 0.6) is 0 Å². The number of Topliss-reactive ketones (excluding diaryl/α,β-unsaturated/α-hetero) is 1. The summed E-state index contributed by atoms with van der Waals surface area (Å²) in [5, 5.41) is 0. The molecule has 0 bridgehead atoms. The molecule has 0 heterocycles. The summed E-state index contributed by atoms with van der Waals surface area (Å²) < 4.78 is 1.03. The van der Waals surface area contributed by atoms with Crippen molar-refractivity contribution in [2.45, 2.75) is 26.2 Å². The van der Waals surface area contributed by atoms with Gasteiger partial charge >= 0.3 is 0 Å². The van der Waals surface area contributed by atoms with E-state index in [0.29, 0.717) is 6.42 Å². The van der Waals surface area contributed by atoms with Gasteiger partial charge in [-0.25, -0.2) is 0 Å². The molecule has 1 aromatic rings. The van der Waals surface area contributed by atoms with Gasteiger partial charge in [-0.2, -0.15) is 0 Å². The van der Waals surface area contributed by atoms with Crippen molar-refractivity contribution in [3.05, 3.63) is 34.3 Å². The van der Waals surface area contributed by atoms with Crippen molar-refractivity contribution < 1.29 is 4.79 Å². The predicted molar refractivity (Wildman–Crippen MR) is 57.9 cm³/mol. The van der Waals surface area contributed by atoms with Gasteiger partial charge < -0.3 is 0 Å². The summed E-state index contributed by atoms with van der Waals surface area (Å²) in [5.41, 5.74) is 1.08. The van der Waals surface area contributed by atoms with Crippen LogP contribution in [0.1, 0.15) is 31.7 Å². The Morgan fingerprint density at radius 2 is 2.23 bits per heavy atom. The van der Waals surface area contributed by atoms with Gasteiger partial charge in [-0.15, -0.1) is 0 Å². The van der Waals surface area contributed by atoms with Crippen molar-refractivity contribution >= 4 is 21.7 Å². The molecule has 70 valence electrons. The molecule has 2 heteroatoms. The van der Waals surface area contributed by atoms with Gasteiger partial charge in [-0.1, -0.05) is 41.9 Å². The highest BCUT2D eigenvalue weighted by Crippen LogP contribution is 2.21. The van der Waals surface area contributed by atoms with Crippen LogP contribution in [0, 0.1) is 0 Å². The summed E-state index contributed by atoms with van der Waals surface area (Å²) in [6.07, 6.45) is 0.605. The van der Waals surface area contributed by atoms with Gasteiger partial charge in [0.2, 0.25) is 0 Å². The number of carbonyl (C=O) groups is 1. The molecule has 0 aliphatic rings. The van der Waals surface area contributed by atoms with Crippen LogP contribution >= 0.6 is 15.9 Å². The summed E-state index contributed by atoms with van der Waals surface area (Å²) in [7, 11) is 0. The van der Waals surface area contributed by atoms with Gasteiger partial charge in [-0.3, -0.25) is 4.79 Å². The number of ketones is 1. The number of rotatable bonds is 3. The molecule has 0 saturated carbocycles. The number of carbonyl (C=O) groups excluding carboxylic acids is 1. The van der Waals surface area contributed by atoms with Crippen LogP contribution in [0.4, 0.5) is 0 Å². The third-order valence-electron chi connectivity index (χ3n) is 2.18. The lowest BCUT2D eigenvalue weighted by Crippen LogP contribution is -2.07. The van der Waals surface area contributed by atoms with Crippen LogP contribution in [-0.4, -0.2) is 5.78 Å². The summed E-state index contributed by atoms with van der Waals surface area (Å²) in [6.45, 7) is 3.85. The van der Waals surface area contributed by atoms with Crippen molar-refractivity contribution in [1.29, 1.82) is 0 Å². The Kier molecular flexibility index (Phi) is 3.67. The highest BCUT2D eigenvalue weighted by Gasteiger charge is 2.12. The minimum atomic E-state index is 0.0162.